The highest BCUT2D eigenvalue weighted by Gasteiger charge is 2.36. The van der Waals surface area contributed by atoms with Crippen LogP contribution in [0.2, 0.25) is 0 Å². The number of benzene rings is 1. The van der Waals surface area contributed by atoms with Gasteiger partial charge in [0.2, 0.25) is 15.9 Å². The van der Waals surface area contributed by atoms with E-state index in [4.69, 9.17) is 9.88 Å². The van der Waals surface area contributed by atoms with Crippen LogP contribution in [0, 0.1) is 0 Å². The first-order chi connectivity index (χ1) is 11.4. The topological polar surface area (TPSA) is 119 Å². The third kappa shape index (κ3) is 5.71. The SMILES string of the molecule is CC(C)(C)OC(=O)Nc1cccc(CN2CC(S(N)(=O)=O)CC2=O)c1. The van der Waals surface area contributed by atoms with Crippen LogP contribution in [0.4, 0.5) is 10.5 Å². The lowest BCUT2D eigenvalue weighted by Gasteiger charge is -2.20. The lowest BCUT2D eigenvalue weighted by Crippen LogP contribution is -2.32. The molecule has 25 heavy (non-hydrogen) atoms. The lowest BCUT2D eigenvalue weighted by molar-refractivity contribution is -0.128. The van der Waals surface area contributed by atoms with Crippen LogP contribution in [0.1, 0.15) is 32.8 Å². The van der Waals surface area contributed by atoms with E-state index >= 15 is 0 Å². The second kappa shape index (κ2) is 7.01. The summed E-state index contributed by atoms with van der Waals surface area (Å²) >= 11 is 0. The number of rotatable bonds is 4. The van der Waals surface area contributed by atoms with Crippen molar-refractivity contribution >= 4 is 27.7 Å². The average Bonchev–Trinajstić information content (AvgIpc) is 2.78. The minimum atomic E-state index is -3.74. The van der Waals surface area contributed by atoms with E-state index in [1.54, 1.807) is 45.0 Å². The van der Waals surface area contributed by atoms with Gasteiger partial charge in [-0.15, -0.1) is 0 Å². The molecule has 1 saturated heterocycles. The van der Waals surface area contributed by atoms with Crippen LogP contribution in [0.5, 0.6) is 0 Å². The van der Waals surface area contributed by atoms with Crippen molar-refractivity contribution in [2.75, 3.05) is 11.9 Å². The molecule has 1 unspecified atom stereocenters. The summed E-state index contributed by atoms with van der Waals surface area (Å²) in [4.78, 5) is 25.2. The number of anilines is 1. The van der Waals surface area contributed by atoms with Gasteiger partial charge in [-0.1, -0.05) is 12.1 Å². The Morgan fingerprint density at radius 3 is 2.64 bits per heavy atom. The number of nitrogens with zero attached hydrogens (tertiary/aromatic N) is 1. The van der Waals surface area contributed by atoms with Gasteiger partial charge >= 0.3 is 6.09 Å². The molecule has 1 atom stereocenters. The van der Waals surface area contributed by atoms with Crippen LogP contribution in [-0.4, -0.2) is 42.7 Å². The number of nitrogens with two attached hydrogens (primary N) is 1. The maximum atomic E-state index is 12.0. The Hall–Kier alpha value is -2.13. The molecule has 0 saturated carbocycles. The molecule has 0 aliphatic carbocycles. The first kappa shape index (κ1) is 19.2. The molecule has 1 fully saturated rings. The Balaban J connectivity index is 2.02. The zero-order valence-corrected chi connectivity index (χ0v) is 15.3. The molecule has 1 heterocycles. The fourth-order valence-electron chi connectivity index (χ4n) is 2.50. The van der Waals surface area contributed by atoms with E-state index in [0.717, 1.165) is 5.56 Å². The summed E-state index contributed by atoms with van der Waals surface area (Å²) in [5.41, 5.74) is 0.685. The van der Waals surface area contributed by atoms with Crippen LogP contribution in [0.3, 0.4) is 0 Å². The van der Waals surface area contributed by atoms with E-state index in [2.05, 4.69) is 5.32 Å². The van der Waals surface area contributed by atoms with Gasteiger partial charge in [-0.2, -0.15) is 0 Å². The Labute approximate surface area is 147 Å². The number of sulfonamides is 1. The molecule has 0 spiro atoms. The average molecular weight is 369 g/mol. The van der Waals surface area contributed by atoms with Crippen molar-refractivity contribution in [1.82, 2.24) is 4.90 Å². The molecular weight excluding hydrogens is 346 g/mol. The van der Waals surface area contributed by atoms with Crippen LogP contribution in [0.25, 0.3) is 0 Å². The standard InChI is InChI=1S/C16H23N3O5S/c1-16(2,3)24-15(21)18-12-6-4-5-11(7-12)9-19-10-13(8-14(19)20)25(17,22)23/h4-7,13H,8-10H2,1-3H3,(H,18,21)(H2,17,22,23). The fraction of sp³-hybridized carbons (Fsp3) is 0.500. The van der Waals surface area contributed by atoms with Crippen molar-refractivity contribution in [3.05, 3.63) is 29.8 Å². The number of hydrogen-bond acceptors (Lipinski definition) is 5. The van der Waals surface area contributed by atoms with Crippen molar-refractivity contribution in [2.24, 2.45) is 5.14 Å². The fourth-order valence-corrected chi connectivity index (χ4v) is 3.26. The highest BCUT2D eigenvalue weighted by atomic mass is 32.2. The Kier molecular flexibility index (Phi) is 5.38. The van der Waals surface area contributed by atoms with Gasteiger partial charge in [-0.25, -0.2) is 18.4 Å². The molecule has 1 aliphatic heterocycles. The summed E-state index contributed by atoms with van der Waals surface area (Å²) in [6.45, 7) is 5.62. The number of carbonyl (C=O) groups is 2. The lowest BCUT2D eigenvalue weighted by atomic mass is 10.2. The third-order valence-corrected chi connectivity index (χ3v) is 4.83. The quantitative estimate of drug-likeness (QED) is 0.832. The van der Waals surface area contributed by atoms with E-state index in [9.17, 15) is 18.0 Å². The van der Waals surface area contributed by atoms with Crippen LogP contribution >= 0.6 is 0 Å². The van der Waals surface area contributed by atoms with Gasteiger partial charge in [-0.05, 0) is 38.5 Å². The zero-order chi connectivity index (χ0) is 18.8. The van der Waals surface area contributed by atoms with Gasteiger partial charge in [0.15, 0.2) is 0 Å². The Morgan fingerprint density at radius 2 is 2.08 bits per heavy atom. The summed E-state index contributed by atoms with van der Waals surface area (Å²) < 4.78 is 28.0. The zero-order valence-electron chi connectivity index (χ0n) is 14.5. The van der Waals surface area contributed by atoms with E-state index < -0.39 is 27.0 Å². The molecule has 1 aromatic rings. The smallest absolute Gasteiger partial charge is 0.412 e. The van der Waals surface area contributed by atoms with Crippen molar-refractivity contribution < 1.29 is 22.7 Å². The summed E-state index contributed by atoms with van der Waals surface area (Å²) in [6, 6.07) is 6.94. The van der Waals surface area contributed by atoms with Gasteiger partial charge in [-0.3, -0.25) is 10.1 Å². The van der Waals surface area contributed by atoms with Crippen molar-refractivity contribution in [3.63, 3.8) is 0 Å². The molecule has 0 bridgehead atoms. The van der Waals surface area contributed by atoms with Gasteiger partial charge in [0.25, 0.3) is 0 Å². The number of ether oxygens (including phenoxy) is 1. The molecular formula is C16H23N3O5S. The summed E-state index contributed by atoms with van der Waals surface area (Å²) in [7, 11) is -3.74. The van der Waals surface area contributed by atoms with Crippen molar-refractivity contribution in [1.29, 1.82) is 0 Å². The highest BCUT2D eigenvalue weighted by Crippen LogP contribution is 2.21. The summed E-state index contributed by atoms with van der Waals surface area (Å²) in [5.74, 6) is -0.260. The monoisotopic (exact) mass is 369 g/mol. The molecule has 8 nitrogen and oxygen atoms in total. The number of amides is 2. The largest absolute Gasteiger partial charge is 0.444 e. The molecule has 1 aromatic carbocycles. The summed E-state index contributed by atoms with van der Waals surface area (Å²) in [6.07, 6.45) is -0.675. The second-order valence-electron chi connectivity index (χ2n) is 7.02. The molecule has 1 aliphatic rings. The van der Waals surface area contributed by atoms with Crippen molar-refractivity contribution in [3.8, 4) is 0 Å². The minimum absolute atomic E-state index is 0.0708. The van der Waals surface area contributed by atoms with E-state index in [-0.39, 0.29) is 25.4 Å². The predicted octanol–water partition coefficient (Wildman–Crippen LogP) is 1.42. The number of carbonyl (C=O) groups excluding carboxylic acids is 2. The van der Waals surface area contributed by atoms with Gasteiger partial charge in [0.1, 0.15) is 10.9 Å². The van der Waals surface area contributed by atoms with Gasteiger partial charge in [0.05, 0.1) is 0 Å². The molecule has 2 amide bonds. The molecule has 9 heteroatoms. The second-order valence-corrected chi connectivity index (χ2v) is 8.86. The van der Waals surface area contributed by atoms with Crippen LogP contribution in [-0.2, 0) is 26.1 Å². The van der Waals surface area contributed by atoms with Crippen LogP contribution < -0.4 is 10.5 Å². The van der Waals surface area contributed by atoms with Gasteiger partial charge < -0.3 is 9.64 Å². The Morgan fingerprint density at radius 1 is 1.40 bits per heavy atom. The predicted molar refractivity (Wildman–Crippen MR) is 93.2 cm³/mol. The Bertz CT molecular complexity index is 770. The van der Waals surface area contributed by atoms with Gasteiger partial charge in [0, 0.05) is 25.2 Å². The number of primary sulfonamides is 1. The maximum absolute atomic E-state index is 12.0. The first-order valence-electron chi connectivity index (χ1n) is 7.82. The number of likely N-dealkylation sites (tertiary alicyclic amines) is 1. The third-order valence-electron chi connectivity index (χ3n) is 3.59. The van der Waals surface area contributed by atoms with Crippen LogP contribution in [0.15, 0.2) is 24.3 Å². The molecule has 138 valence electrons. The maximum Gasteiger partial charge on any atom is 0.412 e. The highest BCUT2D eigenvalue weighted by molar-refractivity contribution is 7.89. The minimum Gasteiger partial charge on any atom is -0.444 e. The number of hydrogen-bond donors (Lipinski definition) is 2. The normalized spacial score (nSPS) is 18.3. The van der Waals surface area contributed by atoms with Crippen molar-refractivity contribution in [2.45, 2.75) is 44.6 Å². The molecule has 2 rings (SSSR count). The van der Waals surface area contributed by atoms with E-state index in [0.29, 0.717) is 5.69 Å². The van der Waals surface area contributed by atoms with E-state index in [1.807, 2.05) is 0 Å². The molecule has 3 N–H and O–H groups in total. The number of nitrogens with one attached hydrogen (secondary N) is 1. The summed E-state index contributed by atoms with van der Waals surface area (Å²) in [5, 5.41) is 6.88. The van der Waals surface area contributed by atoms with E-state index in [1.165, 1.54) is 4.90 Å². The molecule has 0 aromatic heterocycles. The molecule has 0 radical (unpaired) electrons. The first-order valence-corrected chi connectivity index (χ1v) is 9.43.